The van der Waals surface area contributed by atoms with Gasteiger partial charge in [-0.15, -0.1) is 11.3 Å². The highest BCUT2D eigenvalue weighted by Gasteiger charge is 2.27. The lowest BCUT2D eigenvalue weighted by Crippen LogP contribution is -2.21. The molecule has 1 aromatic carbocycles. The first-order valence-electron chi connectivity index (χ1n) is 11.6. The summed E-state index contributed by atoms with van der Waals surface area (Å²) in [5.74, 6) is -0.363. The van der Waals surface area contributed by atoms with Crippen LogP contribution < -0.4 is 16.6 Å². The number of fused-ring (bicyclic) bond motifs is 1. The van der Waals surface area contributed by atoms with Crippen LogP contribution >= 0.6 is 23.1 Å². The van der Waals surface area contributed by atoms with Crippen LogP contribution in [-0.4, -0.2) is 33.8 Å². The Bertz CT molecular complexity index is 1270. The standard InChI is InChI=1S/C25H28N4O4S2/c1-2-33-24(32)22-17-10-6-7-11-18(17)35-23(22)27-21(31)15-34-25-28-20(30)14-19(26)29(25)13-12-16-8-4-3-5-9-16/h3-5,8-9,14H,2,6-7,10-13,15,26H2,1H3,(H,27,31). The maximum absolute atomic E-state index is 12.9. The number of thiophene rings is 1. The van der Waals surface area contributed by atoms with E-state index in [4.69, 9.17) is 10.5 Å². The minimum atomic E-state index is -0.447. The lowest BCUT2D eigenvalue weighted by molar-refractivity contribution is -0.113. The topological polar surface area (TPSA) is 116 Å². The van der Waals surface area contributed by atoms with Crippen molar-refractivity contribution >= 4 is 45.8 Å². The van der Waals surface area contributed by atoms with Crippen LogP contribution in [0.4, 0.5) is 10.8 Å². The van der Waals surface area contributed by atoms with E-state index in [1.54, 1.807) is 11.5 Å². The van der Waals surface area contributed by atoms with Crippen molar-refractivity contribution in [1.29, 1.82) is 0 Å². The van der Waals surface area contributed by atoms with Crippen molar-refractivity contribution in [3.8, 4) is 0 Å². The van der Waals surface area contributed by atoms with E-state index in [2.05, 4.69) is 10.3 Å². The number of ether oxygens (including phenoxy) is 1. The van der Waals surface area contributed by atoms with E-state index < -0.39 is 11.5 Å². The first-order valence-corrected chi connectivity index (χ1v) is 13.4. The number of benzene rings is 1. The van der Waals surface area contributed by atoms with Gasteiger partial charge in [0.15, 0.2) is 5.16 Å². The van der Waals surface area contributed by atoms with Gasteiger partial charge in [-0.3, -0.25) is 9.59 Å². The van der Waals surface area contributed by atoms with Crippen molar-refractivity contribution in [3.63, 3.8) is 0 Å². The van der Waals surface area contributed by atoms with E-state index in [-0.39, 0.29) is 18.3 Å². The molecule has 3 aromatic rings. The zero-order chi connectivity index (χ0) is 24.8. The first kappa shape index (κ1) is 25.0. The van der Waals surface area contributed by atoms with Gasteiger partial charge in [0.2, 0.25) is 5.91 Å². The third kappa shape index (κ3) is 6.12. The molecule has 0 saturated heterocycles. The summed E-state index contributed by atoms with van der Waals surface area (Å²) >= 11 is 2.59. The highest BCUT2D eigenvalue weighted by Crippen LogP contribution is 2.38. The summed E-state index contributed by atoms with van der Waals surface area (Å²) in [6.45, 7) is 2.56. The number of anilines is 2. The maximum Gasteiger partial charge on any atom is 0.341 e. The average Bonchev–Trinajstić information content (AvgIpc) is 3.20. The molecule has 4 rings (SSSR count). The molecule has 10 heteroatoms. The van der Waals surface area contributed by atoms with E-state index >= 15 is 0 Å². The molecule has 3 N–H and O–H groups in total. The smallest absolute Gasteiger partial charge is 0.341 e. The van der Waals surface area contributed by atoms with Gasteiger partial charge in [0.25, 0.3) is 5.56 Å². The van der Waals surface area contributed by atoms with E-state index in [9.17, 15) is 14.4 Å². The number of amides is 1. The van der Waals surface area contributed by atoms with Crippen molar-refractivity contribution in [3.05, 3.63) is 68.3 Å². The van der Waals surface area contributed by atoms with Gasteiger partial charge in [0, 0.05) is 17.5 Å². The number of rotatable bonds is 9. The fourth-order valence-corrected chi connectivity index (χ4v) is 6.22. The second-order valence-corrected chi connectivity index (χ2v) is 10.2. The maximum atomic E-state index is 12.9. The molecule has 1 aliphatic rings. The zero-order valence-electron chi connectivity index (χ0n) is 19.5. The van der Waals surface area contributed by atoms with Gasteiger partial charge in [-0.25, -0.2) is 4.79 Å². The van der Waals surface area contributed by atoms with Gasteiger partial charge in [0.05, 0.1) is 17.9 Å². The molecular formula is C25H28N4O4S2. The lowest BCUT2D eigenvalue weighted by Gasteiger charge is -2.15. The van der Waals surface area contributed by atoms with Crippen molar-refractivity contribution < 1.29 is 14.3 Å². The summed E-state index contributed by atoms with van der Waals surface area (Å²) in [7, 11) is 0. The number of hydrogen-bond acceptors (Lipinski definition) is 8. The monoisotopic (exact) mass is 512 g/mol. The van der Waals surface area contributed by atoms with Gasteiger partial charge in [-0.2, -0.15) is 4.98 Å². The van der Waals surface area contributed by atoms with Crippen molar-refractivity contribution in [1.82, 2.24) is 9.55 Å². The van der Waals surface area contributed by atoms with Gasteiger partial charge in [-0.1, -0.05) is 42.1 Å². The molecule has 0 fully saturated rings. The summed E-state index contributed by atoms with van der Waals surface area (Å²) in [5, 5.41) is 3.81. The molecule has 0 aliphatic heterocycles. The number of aromatic nitrogens is 2. The summed E-state index contributed by atoms with van der Waals surface area (Å²) < 4.78 is 7.01. The van der Waals surface area contributed by atoms with Crippen LogP contribution in [-0.2, 0) is 35.3 Å². The number of aryl methyl sites for hydroxylation is 2. The lowest BCUT2D eigenvalue weighted by atomic mass is 9.95. The Labute approximate surface area is 211 Å². The largest absolute Gasteiger partial charge is 0.462 e. The van der Waals surface area contributed by atoms with Gasteiger partial charge in [-0.05, 0) is 50.2 Å². The predicted molar refractivity (Wildman–Crippen MR) is 139 cm³/mol. The highest BCUT2D eigenvalue weighted by molar-refractivity contribution is 7.99. The third-order valence-electron chi connectivity index (χ3n) is 5.72. The summed E-state index contributed by atoms with van der Waals surface area (Å²) in [4.78, 5) is 42.7. The molecule has 184 valence electrons. The Morgan fingerprint density at radius 3 is 2.77 bits per heavy atom. The second-order valence-electron chi connectivity index (χ2n) is 8.16. The molecule has 1 amide bonds. The number of carbonyl (C=O) groups is 2. The molecule has 0 radical (unpaired) electrons. The van der Waals surface area contributed by atoms with Crippen LogP contribution in [0.2, 0.25) is 0 Å². The second kappa shape index (κ2) is 11.5. The van der Waals surface area contributed by atoms with E-state index in [0.29, 0.717) is 34.5 Å². The van der Waals surface area contributed by atoms with Gasteiger partial charge >= 0.3 is 5.97 Å². The molecule has 35 heavy (non-hydrogen) atoms. The van der Waals surface area contributed by atoms with Crippen LogP contribution in [0, 0.1) is 0 Å². The number of nitrogens with one attached hydrogen (secondary N) is 1. The number of thioether (sulfide) groups is 1. The Morgan fingerprint density at radius 1 is 1.23 bits per heavy atom. The molecule has 0 saturated carbocycles. The van der Waals surface area contributed by atoms with Crippen LogP contribution in [0.25, 0.3) is 0 Å². The molecule has 0 unspecified atom stereocenters. The Hall–Kier alpha value is -3.11. The molecule has 0 bridgehead atoms. The Balaban J connectivity index is 1.48. The van der Waals surface area contributed by atoms with Crippen LogP contribution in [0.5, 0.6) is 0 Å². The van der Waals surface area contributed by atoms with Crippen molar-refractivity contribution in [2.24, 2.45) is 0 Å². The van der Waals surface area contributed by atoms with Crippen LogP contribution in [0.15, 0.2) is 46.3 Å². The predicted octanol–water partition coefficient (Wildman–Crippen LogP) is 3.92. The number of nitrogens with two attached hydrogens (primary N) is 1. The normalized spacial score (nSPS) is 12.7. The Kier molecular flexibility index (Phi) is 8.25. The number of esters is 1. The summed E-state index contributed by atoms with van der Waals surface area (Å²) in [6.07, 6.45) is 4.50. The van der Waals surface area contributed by atoms with Gasteiger partial charge < -0.3 is 20.4 Å². The minimum absolute atomic E-state index is 0.0199. The number of carbonyl (C=O) groups excluding carboxylic acids is 2. The number of nitrogen functional groups attached to an aromatic ring is 1. The number of hydrogen-bond donors (Lipinski definition) is 2. The quantitative estimate of drug-likeness (QED) is 0.254. The third-order valence-corrected chi connectivity index (χ3v) is 7.91. The first-order chi connectivity index (χ1) is 17.0. The molecular weight excluding hydrogens is 484 g/mol. The molecule has 0 spiro atoms. The average molecular weight is 513 g/mol. The van der Waals surface area contributed by atoms with E-state index in [1.807, 2.05) is 30.3 Å². The molecule has 8 nitrogen and oxygen atoms in total. The fraction of sp³-hybridized carbons (Fsp3) is 0.360. The molecule has 0 atom stereocenters. The van der Waals surface area contributed by atoms with Gasteiger partial charge in [0.1, 0.15) is 10.8 Å². The van der Waals surface area contributed by atoms with E-state index in [0.717, 1.165) is 53.4 Å². The van der Waals surface area contributed by atoms with Crippen molar-refractivity contribution in [2.75, 3.05) is 23.4 Å². The molecule has 2 aromatic heterocycles. The van der Waals surface area contributed by atoms with Crippen LogP contribution in [0.3, 0.4) is 0 Å². The zero-order valence-corrected chi connectivity index (χ0v) is 21.2. The summed E-state index contributed by atoms with van der Waals surface area (Å²) in [5.41, 5.74) is 8.27. The minimum Gasteiger partial charge on any atom is -0.462 e. The van der Waals surface area contributed by atoms with E-state index in [1.165, 1.54) is 17.4 Å². The fourth-order valence-electron chi connectivity index (χ4n) is 4.09. The summed E-state index contributed by atoms with van der Waals surface area (Å²) in [6, 6.07) is 11.2. The number of nitrogens with zero attached hydrogens (tertiary/aromatic N) is 2. The Morgan fingerprint density at radius 2 is 2.00 bits per heavy atom. The van der Waals surface area contributed by atoms with Crippen molar-refractivity contribution in [2.45, 2.75) is 50.7 Å². The molecule has 1 aliphatic carbocycles. The SMILES string of the molecule is CCOC(=O)c1c(NC(=O)CSc2nc(=O)cc(N)n2CCc2ccccc2)sc2c1CCCC2. The highest BCUT2D eigenvalue weighted by atomic mass is 32.2. The molecule has 2 heterocycles. The van der Waals surface area contributed by atoms with Crippen LogP contribution in [0.1, 0.15) is 46.1 Å².